The first-order chi connectivity index (χ1) is 17.0. The van der Waals surface area contributed by atoms with E-state index in [1.165, 1.54) is 30.2 Å². The van der Waals surface area contributed by atoms with Crippen molar-refractivity contribution in [3.05, 3.63) is 58.0 Å². The highest BCUT2D eigenvalue weighted by atomic mass is 32.2. The zero-order chi connectivity index (χ0) is 24.8. The molecule has 0 radical (unpaired) electrons. The molecule has 3 aromatic rings. The van der Waals surface area contributed by atoms with Crippen molar-refractivity contribution >= 4 is 40.0 Å². The number of nitrogens with one attached hydrogen (secondary N) is 1. The normalized spacial score (nSPS) is 12.4. The molecule has 7 nitrogen and oxygen atoms in total. The van der Waals surface area contributed by atoms with E-state index in [1.54, 1.807) is 13.2 Å². The van der Waals surface area contributed by atoms with E-state index in [0.29, 0.717) is 26.9 Å². The number of benzene rings is 1. The van der Waals surface area contributed by atoms with E-state index in [4.69, 9.17) is 9.47 Å². The topological polar surface area (TPSA) is 101 Å². The third-order valence-electron chi connectivity index (χ3n) is 5.75. The molecule has 1 aliphatic carbocycles. The molecule has 0 bridgehead atoms. The van der Waals surface area contributed by atoms with Crippen LogP contribution >= 0.6 is 23.1 Å². The van der Waals surface area contributed by atoms with Crippen molar-refractivity contribution in [2.75, 3.05) is 25.3 Å². The van der Waals surface area contributed by atoms with Crippen molar-refractivity contribution in [2.24, 2.45) is 0 Å². The number of thiophene rings is 1. The maximum Gasteiger partial charge on any atom is 0.341 e. The molecule has 9 heteroatoms. The largest absolute Gasteiger partial charge is 0.497 e. The Morgan fingerprint density at radius 3 is 2.63 bits per heavy atom. The fourth-order valence-corrected chi connectivity index (χ4v) is 6.17. The Hall–Kier alpha value is -3.35. The van der Waals surface area contributed by atoms with Crippen molar-refractivity contribution in [3.8, 4) is 23.1 Å². The van der Waals surface area contributed by atoms with Crippen LogP contribution in [0.2, 0.25) is 0 Å². The number of aryl methyl sites for hydroxylation is 1. The monoisotopic (exact) mass is 507 g/mol. The smallest absolute Gasteiger partial charge is 0.341 e. The second kappa shape index (κ2) is 11.4. The molecule has 0 aliphatic heterocycles. The fourth-order valence-electron chi connectivity index (χ4n) is 3.96. The number of thioether (sulfide) groups is 1. The average Bonchev–Trinajstić information content (AvgIpc) is 3.25. The molecule has 0 fully saturated rings. The summed E-state index contributed by atoms with van der Waals surface area (Å²) in [6, 6.07) is 13.3. The van der Waals surface area contributed by atoms with Crippen molar-refractivity contribution in [2.45, 2.75) is 37.1 Å². The van der Waals surface area contributed by atoms with Gasteiger partial charge in [0.25, 0.3) is 0 Å². The molecular weight excluding hydrogens is 482 g/mol. The number of esters is 1. The number of nitriles is 1. The number of hydrogen-bond donors (Lipinski definition) is 1. The maximum atomic E-state index is 12.7. The first-order valence-corrected chi connectivity index (χ1v) is 13.0. The third-order valence-corrected chi connectivity index (χ3v) is 7.95. The highest BCUT2D eigenvalue weighted by Crippen LogP contribution is 2.38. The third kappa shape index (κ3) is 5.66. The van der Waals surface area contributed by atoms with Gasteiger partial charge in [-0.2, -0.15) is 5.26 Å². The van der Waals surface area contributed by atoms with E-state index in [-0.39, 0.29) is 12.3 Å². The van der Waals surface area contributed by atoms with Gasteiger partial charge in [0.1, 0.15) is 21.8 Å². The summed E-state index contributed by atoms with van der Waals surface area (Å²) in [5.41, 5.74) is 3.62. The minimum Gasteiger partial charge on any atom is -0.497 e. The quantitative estimate of drug-likeness (QED) is 0.318. The molecule has 0 atom stereocenters. The van der Waals surface area contributed by atoms with Gasteiger partial charge in [-0.3, -0.25) is 4.79 Å². The molecule has 0 spiro atoms. The van der Waals surface area contributed by atoms with Crippen LogP contribution in [0.3, 0.4) is 0 Å². The molecule has 2 aromatic heterocycles. The lowest BCUT2D eigenvalue weighted by Crippen LogP contribution is -2.15. The average molecular weight is 508 g/mol. The second-order valence-corrected chi connectivity index (χ2v) is 10.1. The van der Waals surface area contributed by atoms with Gasteiger partial charge in [-0.1, -0.05) is 0 Å². The highest BCUT2D eigenvalue weighted by molar-refractivity contribution is 7.99. The van der Waals surface area contributed by atoms with Gasteiger partial charge in [-0.15, -0.1) is 23.1 Å². The summed E-state index contributed by atoms with van der Waals surface area (Å²) in [7, 11) is 2.97. The van der Waals surface area contributed by atoms with Gasteiger partial charge >= 0.3 is 5.97 Å². The molecule has 0 saturated carbocycles. The molecule has 2 heterocycles. The number of rotatable bonds is 8. The van der Waals surface area contributed by atoms with Crippen LogP contribution in [0.1, 0.15) is 45.6 Å². The number of nitrogens with zero attached hydrogens (tertiary/aromatic N) is 2. The van der Waals surface area contributed by atoms with Crippen LogP contribution in [0.15, 0.2) is 41.4 Å². The first kappa shape index (κ1) is 24.8. The van der Waals surface area contributed by atoms with Crippen molar-refractivity contribution in [1.82, 2.24) is 4.98 Å². The van der Waals surface area contributed by atoms with E-state index in [2.05, 4.69) is 16.4 Å². The summed E-state index contributed by atoms with van der Waals surface area (Å²) in [5, 5.41) is 13.6. The van der Waals surface area contributed by atoms with E-state index in [0.717, 1.165) is 53.1 Å². The van der Waals surface area contributed by atoms with Crippen LogP contribution < -0.4 is 10.1 Å². The number of carbonyl (C=O) groups is 2. The van der Waals surface area contributed by atoms with E-state index in [9.17, 15) is 14.9 Å². The molecule has 0 unspecified atom stereocenters. The van der Waals surface area contributed by atoms with Crippen LogP contribution in [0, 0.1) is 11.3 Å². The Bertz CT molecular complexity index is 1280. The van der Waals surface area contributed by atoms with Crippen LogP contribution in [0.4, 0.5) is 5.00 Å². The number of amides is 1. The predicted octanol–water partition coefficient (Wildman–Crippen LogP) is 5.48. The zero-order valence-electron chi connectivity index (χ0n) is 19.6. The lowest BCUT2D eigenvalue weighted by atomic mass is 9.95. The number of fused-ring (bicyclic) bond motifs is 1. The molecule has 1 amide bonds. The number of aromatic nitrogens is 1. The Morgan fingerprint density at radius 1 is 1.14 bits per heavy atom. The summed E-state index contributed by atoms with van der Waals surface area (Å²) >= 11 is 2.83. The second-order valence-electron chi connectivity index (χ2n) is 7.94. The zero-order valence-corrected chi connectivity index (χ0v) is 21.2. The van der Waals surface area contributed by atoms with E-state index >= 15 is 0 Å². The number of carbonyl (C=O) groups excluding carboxylic acids is 2. The lowest BCUT2D eigenvalue weighted by molar-refractivity contribution is -0.115. The summed E-state index contributed by atoms with van der Waals surface area (Å²) in [5.74, 6) is 0.599. The fraction of sp³-hybridized carbons (Fsp3) is 0.308. The van der Waals surface area contributed by atoms with Crippen LogP contribution in [-0.2, 0) is 22.4 Å². The Labute approximate surface area is 212 Å². The SMILES string of the molecule is COC(=O)c1c(NC(=O)CCSc2nc(-c3ccc(OC)cc3)ccc2C#N)sc2c1CCCC2. The van der Waals surface area contributed by atoms with Gasteiger partial charge in [0.15, 0.2) is 0 Å². The van der Waals surface area contributed by atoms with Crippen molar-refractivity contribution < 1.29 is 19.1 Å². The molecule has 1 aromatic carbocycles. The summed E-state index contributed by atoms with van der Waals surface area (Å²) in [6.07, 6.45) is 4.08. The Morgan fingerprint density at radius 2 is 1.91 bits per heavy atom. The molecule has 1 N–H and O–H groups in total. The first-order valence-electron chi connectivity index (χ1n) is 11.2. The minimum atomic E-state index is -0.410. The number of ether oxygens (including phenoxy) is 2. The van der Waals surface area contributed by atoms with Gasteiger partial charge in [-0.25, -0.2) is 9.78 Å². The molecular formula is C26H25N3O4S2. The van der Waals surface area contributed by atoms with Crippen molar-refractivity contribution in [3.63, 3.8) is 0 Å². The highest BCUT2D eigenvalue weighted by Gasteiger charge is 2.26. The number of methoxy groups -OCH3 is 2. The van der Waals surface area contributed by atoms with Crippen LogP contribution in [-0.4, -0.2) is 36.8 Å². The van der Waals surface area contributed by atoms with Gasteiger partial charge in [0, 0.05) is 22.6 Å². The summed E-state index contributed by atoms with van der Waals surface area (Å²) in [6.45, 7) is 0. The van der Waals surface area contributed by atoms with Gasteiger partial charge in [0.05, 0.1) is 31.0 Å². The Balaban J connectivity index is 1.43. The molecule has 0 saturated heterocycles. The molecule has 35 heavy (non-hydrogen) atoms. The molecule has 180 valence electrons. The van der Waals surface area contributed by atoms with Crippen LogP contribution in [0.25, 0.3) is 11.3 Å². The lowest BCUT2D eigenvalue weighted by Gasteiger charge is -2.11. The summed E-state index contributed by atoms with van der Waals surface area (Å²) in [4.78, 5) is 30.9. The van der Waals surface area contributed by atoms with E-state index in [1.807, 2.05) is 30.3 Å². The van der Waals surface area contributed by atoms with E-state index < -0.39 is 5.97 Å². The van der Waals surface area contributed by atoms with Gasteiger partial charge in [0.2, 0.25) is 5.91 Å². The number of pyridine rings is 1. The van der Waals surface area contributed by atoms with Crippen molar-refractivity contribution in [1.29, 1.82) is 5.26 Å². The predicted molar refractivity (Wildman–Crippen MR) is 137 cm³/mol. The molecule has 1 aliphatic rings. The Kier molecular flexibility index (Phi) is 8.06. The van der Waals surface area contributed by atoms with Gasteiger partial charge in [-0.05, 0) is 67.6 Å². The number of anilines is 1. The minimum absolute atomic E-state index is 0.189. The van der Waals surface area contributed by atoms with Gasteiger partial charge < -0.3 is 14.8 Å². The van der Waals surface area contributed by atoms with Crippen LogP contribution in [0.5, 0.6) is 5.75 Å². The number of hydrogen-bond acceptors (Lipinski definition) is 8. The molecule has 4 rings (SSSR count). The standard InChI is InChI=1S/C26H25N3O4S2/c1-32-18-10-7-16(8-11-18)20-12-9-17(15-27)24(28-20)34-14-13-22(30)29-25-23(26(31)33-2)19-5-3-4-6-21(19)35-25/h7-12H,3-6,13-14H2,1-2H3,(H,29,30). The summed E-state index contributed by atoms with van der Waals surface area (Å²) < 4.78 is 10.2. The maximum absolute atomic E-state index is 12.7.